The van der Waals surface area contributed by atoms with E-state index in [4.69, 9.17) is 4.98 Å². The van der Waals surface area contributed by atoms with Crippen LogP contribution in [0.15, 0.2) is 12.3 Å². The Kier molecular flexibility index (Phi) is 7.00. The molecule has 20 heavy (non-hydrogen) atoms. The van der Waals surface area contributed by atoms with Crippen molar-refractivity contribution in [1.82, 2.24) is 10.3 Å². The monoisotopic (exact) mass is 277 g/mol. The predicted octanol–water partition coefficient (Wildman–Crippen LogP) is 3.76. The molecule has 0 aromatic carbocycles. The maximum Gasteiger partial charge on any atom is 0.131 e. The Morgan fingerprint density at radius 2 is 1.95 bits per heavy atom. The average Bonchev–Trinajstić information content (AvgIpc) is 2.41. The van der Waals surface area contributed by atoms with Crippen LogP contribution in [0.25, 0.3) is 0 Å². The van der Waals surface area contributed by atoms with Crippen molar-refractivity contribution in [3.63, 3.8) is 0 Å². The van der Waals surface area contributed by atoms with Gasteiger partial charge in [-0.15, -0.1) is 0 Å². The molecule has 0 amide bonds. The van der Waals surface area contributed by atoms with Crippen molar-refractivity contribution in [2.75, 3.05) is 18.0 Å². The highest BCUT2D eigenvalue weighted by atomic mass is 15.2. The molecule has 1 unspecified atom stereocenters. The van der Waals surface area contributed by atoms with Gasteiger partial charge in [-0.3, -0.25) is 0 Å². The van der Waals surface area contributed by atoms with Crippen LogP contribution in [-0.2, 0) is 6.54 Å². The summed E-state index contributed by atoms with van der Waals surface area (Å²) in [5.74, 6) is 1.82. The van der Waals surface area contributed by atoms with Crippen LogP contribution in [0.2, 0.25) is 0 Å². The van der Waals surface area contributed by atoms with Crippen LogP contribution in [0.4, 0.5) is 5.82 Å². The summed E-state index contributed by atoms with van der Waals surface area (Å²) in [6, 6.07) is 2.80. The van der Waals surface area contributed by atoms with Crippen molar-refractivity contribution < 1.29 is 0 Å². The zero-order valence-electron chi connectivity index (χ0n) is 14.0. The van der Waals surface area contributed by atoms with Gasteiger partial charge in [-0.1, -0.05) is 20.8 Å². The lowest BCUT2D eigenvalue weighted by Crippen LogP contribution is -2.33. The summed E-state index contributed by atoms with van der Waals surface area (Å²) in [4.78, 5) is 7.09. The molecule has 1 rings (SSSR count). The zero-order valence-corrected chi connectivity index (χ0v) is 14.0. The molecule has 0 bridgehead atoms. The van der Waals surface area contributed by atoms with Crippen LogP contribution in [0.1, 0.15) is 52.2 Å². The van der Waals surface area contributed by atoms with E-state index >= 15 is 0 Å². The molecule has 1 heterocycles. The first kappa shape index (κ1) is 17.0. The first-order chi connectivity index (χ1) is 9.49. The van der Waals surface area contributed by atoms with E-state index in [0.29, 0.717) is 12.0 Å². The molecular formula is C17H31N3. The molecule has 1 aromatic rings. The molecular weight excluding hydrogens is 246 g/mol. The zero-order chi connectivity index (χ0) is 15.1. The molecule has 0 fully saturated rings. The third-order valence-corrected chi connectivity index (χ3v) is 3.72. The minimum atomic E-state index is 0.538. The fourth-order valence-corrected chi connectivity index (χ4v) is 2.42. The fraction of sp³-hybridized carbons (Fsp3) is 0.706. The molecule has 114 valence electrons. The Morgan fingerprint density at radius 1 is 1.25 bits per heavy atom. The number of anilines is 1. The SMILES string of the molecule is CCC(C)N(CC)c1ncc(CNCC(C)C)cc1C. The molecule has 3 nitrogen and oxygen atoms in total. The van der Waals surface area contributed by atoms with Gasteiger partial charge in [-0.25, -0.2) is 4.98 Å². The summed E-state index contributed by atoms with van der Waals surface area (Å²) in [6.07, 6.45) is 3.16. The maximum absolute atomic E-state index is 4.70. The number of rotatable bonds is 8. The van der Waals surface area contributed by atoms with Gasteiger partial charge in [0.05, 0.1) is 0 Å². The second kappa shape index (κ2) is 8.25. The molecule has 0 aliphatic carbocycles. The molecule has 1 N–H and O–H groups in total. The topological polar surface area (TPSA) is 28.2 Å². The van der Waals surface area contributed by atoms with Crippen LogP contribution in [-0.4, -0.2) is 24.1 Å². The van der Waals surface area contributed by atoms with Crippen LogP contribution in [0.3, 0.4) is 0 Å². The van der Waals surface area contributed by atoms with Crippen molar-refractivity contribution in [1.29, 1.82) is 0 Å². The third kappa shape index (κ3) is 4.78. The first-order valence-electron chi connectivity index (χ1n) is 7.92. The number of hydrogen-bond acceptors (Lipinski definition) is 3. The van der Waals surface area contributed by atoms with E-state index in [1.165, 1.54) is 11.1 Å². The van der Waals surface area contributed by atoms with E-state index in [2.05, 4.69) is 57.8 Å². The molecule has 3 heteroatoms. The number of nitrogens with one attached hydrogen (secondary N) is 1. The third-order valence-electron chi connectivity index (χ3n) is 3.72. The number of aryl methyl sites for hydroxylation is 1. The highest BCUT2D eigenvalue weighted by Crippen LogP contribution is 2.21. The van der Waals surface area contributed by atoms with Gasteiger partial charge in [0.15, 0.2) is 0 Å². The summed E-state index contributed by atoms with van der Waals surface area (Å²) < 4.78 is 0. The molecule has 0 aliphatic heterocycles. The Hall–Kier alpha value is -1.09. The summed E-state index contributed by atoms with van der Waals surface area (Å²) in [5, 5.41) is 3.47. The van der Waals surface area contributed by atoms with Gasteiger partial charge >= 0.3 is 0 Å². The van der Waals surface area contributed by atoms with Crippen molar-refractivity contribution in [2.45, 2.75) is 60.5 Å². The van der Waals surface area contributed by atoms with Gasteiger partial charge in [0.1, 0.15) is 5.82 Å². The van der Waals surface area contributed by atoms with E-state index in [1.54, 1.807) is 0 Å². The normalized spacial score (nSPS) is 12.8. The number of nitrogens with zero attached hydrogens (tertiary/aromatic N) is 2. The van der Waals surface area contributed by atoms with E-state index in [0.717, 1.165) is 31.9 Å². The van der Waals surface area contributed by atoms with Crippen molar-refractivity contribution in [2.24, 2.45) is 5.92 Å². The van der Waals surface area contributed by atoms with Gasteiger partial charge in [0, 0.05) is 25.3 Å². The summed E-state index contributed by atoms with van der Waals surface area (Å²) in [6.45, 7) is 16.3. The molecule has 0 spiro atoms. The van der Waals surface area contributed by atoms with E-state index in [1.807, 2.05) is 6.20 Å². The van der Waals surface area contributed by atoms with Gasteiger partial charge in [0.25, 0.3) is 0 Å². The lowest BCUT2D eigenvalue weighted by molar-refractivity contribution is 0.551. The molecule has 1 atom stereocenters. The predicted molar refractivity (Wildman–Crippen MR) is 88.3 cm³/mol. The van der Waals surface area contributed by atoms with Crippen molar-refractivity contribution in [3.8, 4) is 0 Å². The molecule has 0 aliphatic rings. The number of hydrogen-bond donors (Lipinski definition) is 1. The maximum atomic E-state index is 4.70. The molecule has 0 saturated heterocycles. The lowest BCUT2D eigenvalue weighted by Gasteiger charge is -2.29. The van der Waals surface area contributed by atoms with E-state index in [9.17, 15) is 0 Å². The van der Waals surface area contributed by atoms with Crippen molar-refractivity contribution in [3.05, 3.63) is 23.4 Å². The Balaban J connectivity index is 2.76. The summed E-state index contributed by atoms with van der Waals surface area (Å²) in [7, 11) is 0. The first-order valence-corrected chi connectivity index (χ1v) is 7.92. The minimum absolute atomic E-state index is 0.538. The smallest absolute Gasteiger partial charge is 0.131 e. The minimum Gasteiger partial charge on any atom is -0.354 e. The fourth-order valence-electron chi connectivity index (χ4n) is 2.42. The quantitative estimate of drug-likeness (QED) is 0.784. The summed E-state index contributed by atoms with van der Waals surface area (Å²) in [5.41, 5.74) is 2.54. The van der Waals surface area contributed by atoms with Crippen molar-refractivity contribution >= 4 is 5.82 Å². The van der Waals surface area contributed by atoms with Gasteiger partial charge in [-0.2, -0.15) is 0 Å². The van der Waals surface area contributed by atoms with Crippen LogP contribution >= 0.6 is 0 Å². The van der Waals surface area contributed by atoms with Gasteiger partial charge in [-0.05, 0) is 56.8 Å². The molecule has 0 saturated carbocycles. The molecule has 0 radical (unpaired) electrons. The average molecular weight is 277 g/mol. The number of pyridine rings is 1. The van der Waals surface area contributed by atoms with E-state index in [-0.39, 0.29) is 0 Å². The van der Waals surface area contributed by atoms with Crippen LogP contribution in [0, 0.1) is 12.8 Å². The van der Waals surface area contributed by atoms with Crippen LogP contribution in [0.5, 0.6) is 0 Å². The van der Waals surface area contributed by atoms with Gasteiger partial charge < -0.3 is 10.2 Å². The van der Waals surface area contributed by atoms with E-state index < -0.39 is 0 Å². The van der Waals surface area contributed by atoms with Gasteiger partial charge in [0.2, 0.25) is 0 Å². The Morgan fingerprint density at radius 3 is 2.45 bits per heavy atom. The highest BCUT2D eigenvalue weighted by molar-refractivity contribution is 5.48. The standard InChI is InChI=1S/C17H31N3/c1-7-15(6)20(8-2)17-14(5)9-16(12-19-17)11-18-10-13(3)4/h9,12-13,15,18H,7-8,10-11H2,1-6H3. The Bertz CT molecular complexity index is 401. The number of aromatic nitrogens is 1. The van der Waals surface area contributed by atoms with Crippen LogP contribution < -0.4 is 10.2 Å². The highest BCUT2D eigenvalue weighted by Gasteiger charge is 2.14. The largest absolute Gasteiger partial charge is 0.354 e. The molecule has 1 aromatic heterocycles. The Labute approximate surface area is 124 Å². The second-order valence-corrected chi connectivity index (χ2v) is 6.05. The second-order valence-electron chi connectivity index (χ2n) is 6.05. The lowest BCUT2D eigenvalue weighted by atomic mass is 10.1. The summed E-state index contributed by atoms with van der Waals surface area (Å²) >= 11 is 0.